The molecule has 0 spiro atoms. The summed E-state index contributed by atoms with van der Waals surface area (Å²) in [7, 11) is 3.18. The molecule has 2 aromatic rings. The molecule has 1 aliphatic rings. The maximum absolute atomic E-state index is 12.5. The summed E-state index contributed by atoms with van der Waals surface area (Å²) >= 11 is 0. The molecule has 0 aliphatic carbocycles. The molecule has 26 heavy (non-hydrogen) atoms. The Morgan fingerprint density at radius 2 is 2.04 bits per heavy atom. The fourth-order valence-electron chi connectivity index (χ4n) is 3.60. The van der Waals surface area contributed by atoms with Crippen LogP contribution in [0.5, 0.6) is 0 Å². The van der Waals surface area contributed by atoms with Crippen LogP contribution in [0.15, 0.2) is 35.1 Å². The number of esters is 1. The number of fused-ring (bicyclic) bond motifs is 1. The molecule has 7 nitrogen and oxygen atoms in total. The van der Waals surface area contributed by atoms with Gasteiger partial charge in [0.25, 0.3) is 5.56 Å². The van der Waals surface area contributed by atoms with Crippen molar-refractivity contribution < 1.29 is 14.3 Å². The van der Waals surface area contributed by atoms with Gasteiger partial charge in [0.15, 0.2) is 0 Å². The first-order valence-electron chi connectivity index (χ1n) is 8.57. The van der Waals surface area contributed by atoms with Crippen molar-refractivity contribution >= 4 is 22.8 Å². The van der Waals surface area contributed by atoms with Gasteiger partial charge in [-0.3, -0.25) is 23.9 Å². The number of nitrogens with one attached hydrogen (secondary N) is 1. The highest BCUT2D eigenvalue weighted by molar-refractivity contribution is 5.84. The van der Waals surface area contributed by atoms with Gasteiger partial charge in [-0.1, -0.05) is 18.2 Å². The number of aryl methyl sites for hydroxylation is 1. The minimum absolute atomic E-state index is 0.0528. The number of amides is 1. The summed E-state index contributed by atoms with van der Waals surface area (Å²) in [6, 6.07) is 8.58. The summed E-state index contributed by atoms with van der Waals surface area (Å²) < 4.78 is 6.27. The Hall–Kier alpha value is -2.67. The van der Waals surface area contributed by atoms with Crippen molar-refractivity contribution in [2.24, 2.45) is 0 Å². The van der Waals surface area contributed by atoms with Gasteiger partial charge in [0.2, 0.25) is 5.91 Å². The molecule has 1 aromatic heterocycles. The molecule has 1 aliphatic heterocycles. The molecule has 3 rings (SSSR count). The van der Waals surface area contributed by atoms with Crippen molar-refractivity contribution in [2.75, 3.05) is 20.7 Å². The first-order valence-corrected chi connectivity index (χ1v) is 8.57. The number of likely N-dealkylation sites (tertiary alicyclic amines) is 1. The number of rotatable bonds is 4. The van der Waals surface area contributed by atoms with E-state index in [2.05, 4.69) is 5.32 Å². The number of para-hydroxylation sites is 1. The lowest BCUT2D eigenvalue weighted by molar-refractivity contribution is -0.145. The average Bonchev–Trinajstić information content (AvgIpc) is 2.98. The Bertz CT molecular complexity index is 905. The number of hydrogen-bond donors (Lipinski definition) is 1. The number of carbonyl (C=O) groups excluding carboxylic acids is 2. The molecule has 2 heterocycles. The number of carbonyl (C=O) groups is 2. The van der Waals surface area contributed by atoms with Gasteiger partial charge in [-0.05, 0) is 32.0 Å². The number of nitrogens with zero attached hydrogens (tertiary/aromatic N) is 2. The number of aromatic nitrogens is 1. The average molecular weight is 357 g/mol. The lowest BCUT2D eigenvalue weighted by Crippen LogP contribution is -2.40. The SMILES string of the molecule is COC(=O)[C@@H]1C[C@H](NC(=O)Cn2c(=O)cc(C)c3ccccc32)CN1C. The van der Waals surface area contributed by atoms with Gasteiger partial charge in [-0.15, -0.1) is 0 Å². The largest absolute Gasteiger partial charge is 0.468 e. The Morgan fingerprint density at radius 1 is 1.31 bits per heavy atom. The van der Waals surface area contributed by atoms with Gasteiger partial charge in [0.1, 0.15) is 12.6 Å². The number of likely N-dealkylation sites (N-methyl/N-ethyl adjacent to an activating group) is 1. The molecule has 0 bridgehead atoms. The fourth-order valence-corrected chi connectivity index (χ4v) is 3.60. The predicted molar refractivity (Wildman–Crippen MR) is 97.9 cm³/mol. The van der Waals surface area contributed by atoms with E-state index in [4.69, 9.17) is 4.74 Å². The van der Waals surface area contributed by atoms with E-state index in [-0.39, 0.29) is 36.1 Å². The van der Waals surface area contributed by atoms with Crippen LogP contribution in [0, 0.1) is 6.92 Å². The summed E-state index contributed by atoms with van der Waals surface area (Å²) in [5.41, 5.74) is 1.43. The number of benzene rings is 1. The van der Waals surface area contributed by atoms with Crippen LogP contribution >= 0.6 is 0 Å². The fraction of sp³-hybridized carbons (Fsp3) is 0.421. The first kappa shape index (κ1) is 18.1. The summed E-state index contributed by atoms with van der Waals surface area (Å²) in [5.74, 6) is -0.546. The van der Waals surface area contributed by atoms with E-state index in [0.717, 1.165) is 16.5 Å². The van der Waals surface area contributed by atoms with Crippen LogP contribution in [-0.2, 0) is 20.9 Å². The van der Waals surface area contributed by atoms with Crippen molar-refractivity contribution in [1.29, 1.82) is 0 Å². The summed E-state index contributed by atoms with van der Waals surface area (Å²) in [6.07, 6.45) is 0.498. The minimum Gasteiger partial charge on any atom is -0.468 e. The zero-order chi connectivity index (χ0) is 18.8. The maximum Gasteiger partial charge on any atom is 0.323 e. The van der Waals surface area contributed by atoms with Gasteiger partial charge in [0.05, 0.1) is 12.6 Å². The molecule has 2 atom stereocenters. The zero-order valence-electron chi connectivity index (χ0n) is 15.2. The monoisotopic (exact) mass is 357 g/mol. The second-order valence-electron chi connectivity index (χ2n) is 6.75. The summed E-state index contributed by atoms with van der Waals surface area (Å²) in [5, 5.41) is 3.88. The molecule has 0 unspecified atom stereocenters. The minimum atomic E-state index is -0.353. The molecule has 1 amide bonds. The van der Waals surface area contributed by atoms with Crippen LogP contribution < -0.4 is 10.9 Å². The van der Waals surface area contributed by atoms with E-state index in [1.54, 1.807) is 6.07 Å². The third kappa shape index (κ3) is 3.48. The van der Waals surface area contributed by atoms with Crippen LogP contribution in [0.3, 0.4) is 0 Å². The Balaban J connectivity index is 1.75. The predicted octanol–water partition coefficient (Wildman–Crippen LogP) is 0.672. The van der Waals surface area contributed by atoms with Crippen LogP contribution in [0.2, 0.25) is 0 Å². The zero-order valence-corrected chi connectivity index (χ0v) is 15.2. The standard InChI is InChI=1S/C19H23N3O4/c1-12-8-18(24)22(15-7-5-4-6-14(12)15)11-17(23)20-13-9-16(19(25)26-3)21(2)10-13/h4-8,13,16H,9-11H2,1-3H3,(H,20,23)/t13-,16-/m0/s1. The third-order valence-corrected chi connectivity index (χ3v) is 4.91. The quantitative estimate of drug-likeness (QED) is 0.814. The Morgan fingerprint density at radius 3 is 2.77 bits per heavy atom. The Labute approximate surface area is 151 Å². The maximum atomic E-state index is 12.5. The van der Waals surface area contributed by atoms with E-state index in [9.17, 15) is 14.4 Å². The van der Waals surface area contributed by atoms with E-state index in [0.29, 0.717) is 13.0 Å². The highest BCUT2D eigenvalue weighted by atomic mass is 16.5. The number of hydrogen-bond acceptors (Lipinski definition) is 5. The summed E-state index contributed by atoms with van der Waals surface area (Å²) in [4.78, 5) is 38.5. The van der Waals surface area contributed by atoms with Gasteiger partial charge < -0.3 is 10.1 Å². The normalized spacial score (nSPS) is 20.3. The smallest absolute Gasteiger partial charge is 0.323 e. The van der Waals surface area contributed by atoms with E-state index in [1.807, 2.05) is 43.1 Å². The van der Waals surface area contributed by atoms with Crippen LogP contribution in [0.4, 0.5) is 0 Å². The van der Waals surface area contributed by atoms with E-state index < -0.39 is 0 Å². The Kier molecular flexibility index (Phi) is 5.08. The van der Waals surface area contributed by atoms with Crippen molar-refractivity contribution in [3.05, 3.63) is 46.2 Å². The highest BCUT2D eigenvalue weighted by Crippen LogP contribution is 2.18. The van der Waals surface area contributed by atoms with Crippen molar-refractivity contribution in [3.8, 4) is 0 Å². The first-order chi connectivity index (χ1) is 12.4. The number of methoxy groups -OCH3 is 1. The second kappa shape index (κ2) is 7.29. The molecule has 1 saturated heterocycles. The van der Waals surface area contributed by atoms with Gasteiger partial charge >= 0.3 is 5.97 Å². The van der Waals surface area contributed by atoms with E-state index >= 15 is 0 Å². The molecule has 7 heteroatoms. The number of ether oxygens (including phenoxy) is 1. The van der Waals surface area contributed by atoms with Gasteiger partial charge in [-0.2, -0.15) is 0 Å². The van der Waals surface area contributed by atoms with Gasteiger partial charge in [0, 0.05) is 24.0 Å². The molecule has 0 saturated carbocycles. The number of pyridine rings is 1. The molecule has 1 aromatic carbocycles. The van der Waals surface area contributed by atoms with Crippen molar-refractivity contribution in [2.45, 2.75) is 32.0 Å². The van der Waals surface area contributed by atoms with Crippen LogP contribution in [0.25, 0.3) is 10.9 Å². The molecule has 1 fully saturated rings. The third-order valence-electron chi connectivity index (χ3n) is 4.91. The van der Waals surface area contributed by atoms with Crippen molar-refractivity contribution in [1.82, 2.24) is 14.8 Å². The summed E-state index contributed by atoms with van der Waals surface area (Å²) in [6.45, 7) is 2.40. The molecule has 138 valence electrons. The van der Waals surface area contributed by atoms with Crippen LogP contribution in [-0.4, -0.2) is 54.1 Å². The van der Waals surface area contributed by atoms with Gasteiger partial charge in [-0.25, -0.2) is 0 Å². The second-order valence-corrected chi connectivity index (χ2v) is 6.75. The van der Waals surface area contributed by atoms with E-state index in [1.165, 1.54) is 11.7 Å². The van der Waals surface area contributed by atoms with Crippen molar-refractivity contribution in [3.63, 3.8) is 0 Å². The van der Waals surface area contributed by atoms with Crippen LogP contribution in [0.1, 0.15) is 12.0 Å². The lowest BCUT2D eigenvalue weighted by Gasteiger charge is -2.15. The lowest BCUT2D eigenvalue weighted by atomic mass is 10.1. The molecule has 0 radical (unpaired) electrons. The topological polar surface area (TPSA) is 80.6 Å². The molecule has 1 N–H and O–H groups in total. The molecular weight excluding hydrogens is 334 g/mol. The highest BCUT2D eigenvalue weighted by Gasteiger charge is 2.35. The molecular formula is C19H23N3O4.